The zero-order valence-corrected chi connectivity index (χ0v) is 8.92. The second-order valence-electron chi connectivity index (χ2n) is 2.41. The molecule has 2 nitrogen and oxygen atoms in total. The van der Waals surface area contributed by atoms with E-state index in [4.69, 9.17) is 0 Å². The van der Waals surface area contributed by atoms with Crippen LogP contribution in [0.4, 0.5) is 0 Å². The van der Waals surface area contributed by atoms with Crippen LogP contribution in [0.15, 0.2) is 12.7 Å². The molecule has 0 aliphatic rings. The number of nitrogens with zero attached hydrogens (tertiary/aromatic N) is 1. The number of carbonyl (C=O) groups excluding carboxylic acids is 1. The molecule has 0 heterocycles. The first kappa shape index (κ1) is 13.8. The molecular weight excluding hydrogens is 150 g/mol. The van der Waals surface area contributed by atoms with Crippen molar-refractivity contribution in [2.75, 3.05) is 7.05 Å². The Morgan fingerprint density at radius 1 is 1.58 bits per heavy atom. The lowest BCUT2D eigenvalue weighted by atomic mass is 10.2. The van der Waals surface area contributed by atoms with E-state index >= 15 is 0 Å². The predicted molar refractivity (Wildman–Crippen MR) is 54.1 cm³/mol. The summed E-state index contributed by atoms with van der Waals surface area (Å²) in [5, 5.41) is 0. The van der Waals surface area contributed by atoms with Gasteiger partial charge in [0, 0.05) is 13.1 Å². The van der Waals surface area contributed by atoms with Gasteiger partial charge in [0.1, 0.15) is 0 Å². The Hall–Kier alpha value is -0.790. The number of amides is 1. The normalized spacial score (nSPS) is 10.8. The standard InChI is InChI=1S/C8H15NO.C2H6/c1-5-7(3)9(4)8(10)6-2;1-2/h6-7H,2,5H2,1,3-4H3;1-2H3. The Balaban J connectivity index is 0. The molecule has 0 fully saturated rings. The molecule has 0 aliphatic carbocycles. The third-order valence-electron chi connectivity index (χ3n) is 1.77. The number of carbonyl (C=O) groups is 1. The third-order valence-corrected chi connectivity index (χ3v) is 1.77. The Morgan fingerprint density at radius 2 is 2.00 bits per heavy atom. The van der Waals surface area contributed by atoms with Gasteiger partial charge in [-0.2, -0.15) is 0 Å². The molecule has 0 saturated heterocycles. The summed E-state index contributed by atoms with van der Waals surface area (Å²) >= 11 is 0. The van der Waals surface area contributed by atoms with E-state index < -0.39 is 0 Å². The summed E-state index contributed by atoms with van der Waals surface area (Å²) in [6, 6.07) is 0.311. The summed E-state index contributed by atoms with van der Waals surface area (Å²) in [6.45, 7) is 11.5. The molecule has 1 amide bonds. The topological polar surface area (TPSA) is 20.3 Å². The minimum absolute atomic E-state index is 0.00523. The predicted octanol–water partition coefficient (Wildman–Crippen LogP) is 2.46. The van der Waals surface area contributed by atoms with Gasteiger partial charge in [0.15, 0.2) is 0 Å². The highest BCUT2D eigenvalue weighted by Gasteiger charge is 2.09. The van der Waals surface area contributed by atoms with Crippen LogP contribution in [0.2, 0.25) is 0 Å². The Morgan fingerprint density at radius 3 is 2.25 bits per heavy atom. The van der Waals surface area contributed by atoms with Crippen LogP contribution in [0.1, 0.15) is 34.1 Å². The third kappa shape index (κ3) is 4.94. The molecule has 0 N–H and O–H groups in total. The molecule has 0 aromatic carbocycles. The van der Waals surface area contributed by atoms with E-state index in [1.165, 1.54) is 6.08 Å². The number of likely N-dealkylation sites (N-methyl/N-ethyl adjacent to an activating group) is 1. The summed E-state index contributed by atoms with van der Waals surface area (Å²) in [5.74, 6) is -0.00523. The van der Waals surface area contributed by atoms with Crippen molar-refractivity contribution < 1.29 is 4.79 Å². The molecule has 0 aliphatic heterocycles. The first-order valence-corrected chi connectivity index (χ1v) is 4.52. The summed E-state index contributed by atoms with van der Waals surface area (Å²) in [6.07, 6.45) is 2.32. The van der Waals surface area contributed by atoms with Crippen molar-refractivity contribution in [2.24, 2.45) is 0 Å². The van der Waals surface area contributed by atoms with Crippen LogP contribution in [0.25, 0.3) is 0 Å². The van der Waals surface area contributed by atoms with E-state index in [1.807, 2.05) is 20.8 Å². The van der Waals surface area contributed by atoms with Crippen molar-refractivity contribution >= 4 is 5.91 Å². The molecule has 1 unspecified atom stereocenters. The molecule has 2 heteroatoms. The molecule has 0 bridgehead atoms. The summed E-state index contributed by atoms with van der Waals surface area (Å²) in [4.78, 5) is 12.6. The molecule has 12 heavy (non-hydrogen) atoms. The lowest BCUT2D eigenvalue weighted by Gasteiger charge is -2.21. The van der Waals surface area contributed by atoms with Gasteiger partial charge in [-0.25, -0.2) is 0 Å². The molecule has 1 atom stereocenters. The highest BCUT2D eigenvalue weighted by atomic mass is 16.2. The van der Waals surface area contributed by atoms with Crippen LogP contribution in [0, 0.1) is 0 Å². The van der Waals surface area contributed by atoms with Gasteiger partial charge in [-0.15, -0.1) is 0 Å². The monoisotopic (exact) mass is 171 g/mol. The highest BCUT2D eigenvalue weighted by molar-refractivity contribution is 5.86. The van der Waals surface area contributed by atoms with Gasteiger partial charge in [-0.05, 0) is 19.4 Å². The van der Waals surface area contributed by atoms with Crippen molar-refractivity contribution in [1.29, 1.82) is 0 Å². The van der Waals surface area contributed by atoms with Crippen LogP contribution >= 0.6 is 0 Å². The lowest BCUT2D eigenvalue weighted by molar-refractivity contribution is -0.126. The van der Waals surface area contributed by atoms with Gasteiger partial charge >= 0.3 is 0 Å². The van der Waals surface area contributed by atoms with Gasteiger partial charge in [0.2, 0.25) is 5.91 Å². The summed E-state index contributed by atoms with van der Waals surface area (Å²) < 4.78 is 0. The van der Waals surface area contributed by atoms with Crippen molar-refractivity contribution in [1.82, 2.24) is 4.90 Å². The average molecular weight is 171 g/mol. The number of hydrogen-bond donors (Lipinski definition) is 0. The minimum Gasteiger partial charge on any atom is -0.340 e. The lowest BCUT2D eigenvalue weighted by Crippen LogP contribution is -2.33. The van der Waals surface area contributed by atoms with E-state index in [2.05, 4.69) is 13.5 Å². The van der Waals surface area contributed by atoms with E-state index in [0.29, 0.717) is 6.04 Å². The number of rotatable bonds is 3. The molecular formula is C10H21NO. The zero-order chi connectivity index (χ0) is 10.1. The van der Waals surface area contributed by atoms with Gasteiger partial charge in [-0.1, -0.05) is 27.4 Å². The molecule has 0 aromatic heterocycles. The van der Waals surface area contributed by atoms with Crippen molar-refractivity contribution in [3.8, 4) is 0 Å². The van der Waals surface area contributed by atoms with Gasteiger partial charge in [0.05, 0.1) is 0 Å². The molecule has 0 rings (SSSR count). The van der Waals surface area contributed by atoms with E-state index in [-0.39, 0.29) is 5.91 Å². The second kappa shape index (κ2) is 8.31. The van der Waals surface area contributed by atoms with Crippen molar-refractivity contribution in [2.45, 2.75) is 40.2 Å². The molecule has 0 aromatic rings. The van der Waals surface area contributed by atoms with Crippen LogP contribution < -0.4 is 0 Å². The van der Waals surface area contributed by atoms with Crippen LogP contribution in [-0.4, -0.2) is 23.9 Å². The van der Waals surface area contributed by atoms with Gasteiger partial charge in [-0.3, -0.25) is 4.79 Å². The highest BCUT2D eigenvalue weighted by Crippen LogP contribution is 1.99. The Labute approximate surface area is 76.3 Å². The fourth-order valence-corrected chi connectivity index (χ4v) is 0.635. The second-order valence-corrected chi connectivity index (χ2v) is 2.41. The summed E-state index contributed by atoms with van der Waals surface area (Å²) in [7, 11) is 1.79. The smallest absolute Gasteiger partial charge is 0.245 e. The van der Waals surface area contributed by atoms with Crippen molar-refractivity contribution in [3.63, 3.8) is 0 Å². The number of hydrogen-bond acceptors (Lipinski definition) is 1. The minimum atomic E-state index is -0.00523. The van der Waals surface area contributed by atoms with E-state index in [9.17, 15) is 4.79 Å². The maximum absolute atomic E-state index is 10.9. The Bertz CT molecular complexity index is 132. The maximum Gasteiger partial charge on any atom is 0.245 e. The molecule has 0 saturated carbocycles. The molecule has 72 valence electrons. The fraction of sp³-hybridized carbons (Fsp3) is 0.700. The largest absolute Gasteiger partial charge is 0.340 e. The van der Waals surface area contributed by atoms with Gasteiger partial charge in [0.25, 0.3) is 0 Å². The first-order chi connectivity index (χ1) is 5.63. The quantitative estimate of drug-likeness (QED) is 0.597. The maximum atomic E-state index is 10.9. The van der Waals surface area contributed by atoms with E-state index in [1.54, 1.807) is 11.9 Å². The van der Waals surface area contributed by atoms with Crippen molar-refractivity contribution in [3.05, 3.63) is 12.7 Å². The fourth-order valence-electron chi connectivity index (χ4n) is 0.635. The van der Waals surface area contributed by atoms with Gasteiger partial charge < -0.3 is 4.90 Å². The Kier molecular flexibility index (Phi) is 9.54. The average Bonchev–Trinajstić information content (AvgIpc) is 2.17. The molecule has 0 radical (unpaired) electrons. The van der Waals surface area contributed by atoms with Crippen LogP contribution in [0.5, 0.6) is 0 Å². The zero-order valence-electron chi connectivity index (χ0n) is 8.92. The SMILES string of the molecule is C=CC(=O)N(C)C(C)CC.CC. The first-order valence-electron chi connectivity index (χ1n) is 4.52. The van der Waals surface area contributed by atoms with Crippen LogP contribution in [-0.2, 0) is 4.79 Å². The summed E-state index contributed by atoms with van der Waals surface area (Å²) in [5.41, 5.74) is 0. The molecule has 0 spiro atoms. The van der Waals surface area contributed by atoms with Crippen LogP contribution in [0.3, 0.4) is 0 Å². The van der Waals surface area contributed by atoms with E-state index in [0.717, 1.165) is 6.42 Å².